The van der Waals surface area contributed by atoms with Crippen molar-refractivity contribution in [1.29, 1.82) is 0 Å². The van der Waals surface area contributed by atoms with Gasteiger partial charge in [0.05, 0.1) is 39.6 Å². The molecule has 6 aliphatic heterocycles. The number of hydrogen-bond acceptors (Lipinski definition) is 33. The molecule has 34 nitrogen and oxygen atoms in total. The zero-order valence-corrected chi connectivity index (χ0v) is 37.6. The lowest BCUT2D eigenvalue weighted by Crippen LogP contribution is -2.67. The molecule has 6 rings (SSSR count). The van der Waals surface area contributed by atoms with Gasteiger partial charge in [0, 0.05) is 0 Å². The SMILES string of the molecule is O=P(O)(OC[C@H]1O[C@@H](O[C@H]2[C@H](O)[C@H](O)[C@@H](O)O[C@@H]2CO)[C@H](O)[C@@H](O[C@@H]2O[C@H](CO)[C@H](O)[C@H](O)[C@H]2O)[C@H]1O)O[C@H]1O[C@H](CO)[C@@H](O[C@@H]2O[C@H](CO)[C@H](O)[C@H](O[C@@H]3O[C@H](CO)[C@H](O)[C@H](O)[C@H]3O)[C@H]2O)[C@H](O)[C@@H]1O. The molecule has 6 heterocycles. The highest BCUT2D eigenvalue weighted by molar-refractivity contribution is 7.47. The van der Waals surface area contributed by atoms with Crippen LogP contribution < -0.4 is 0 Å². The van der Waals surface area contributed by atoms with E-state index in [9.17, 15) is 112 Å². The first-order chi connectivity index (χ1) is 33.4. The highest BCUT2D eigenvalue weighted by atomic mass is 31.2. The molecule has 416 valence electrons. The Balaban J connectivity index is 1.14. The first-order valence-electron chi connectivity index (χ1n) is 21.9. The van der Waals surface area contributed by atoms with Gasteiger partial charge in [-0.3, -0.25) is 9.05 Å². The molecule has 0 spiro atoms. The van der Waals surface area contributed by atoms with Crippen LogP contribution in [0.3, 0.4) is 0 Å². The summed E-state index contributed by atoms with van der Waals surface area (Å²) in [6, 6.07) is 0. The quantitative estimate of drug-likeness (QED) is 0.0567. The molecule has 0 aromatic heterocycles. The molecule has 0 bridgehead atoms. The van der Waals surface area contributed by atoms with Crippen molar-refractivity contribution in [2.45, 2.75) is 184 Å². The molecule has 31 atom stereocenters. The summed E-state index contributed by atoms with van der Waals surface area (Å²) >= 11 is 0. The van der Waals surface area contributed by atoms with E-state index in [4.69, 9.17) is 56.4 Å². The van der Waals surface area contributed by atoms with Crippen LogP contribution in [0.1, 0.15) is 0 Å². The Kier molecular flexibility index (Phi) is 20.8. The fourth-order valence-electron chi connectivity index (χ4n) is 8.49. The van der Waals surface area contributed by atoms with Crippen LogP contribution in [-0.4, -0.2) is 331 Å². The predicted molar refractivity (Wildman–Crippen MR) is 210 cm³/mol. The van der Waals surface area contributed by atoms with Gasteiger partial charge in [-0.15, -0.1) is 0 Å². The van der Waals surface area contributed by atoms with E-state index in [2.05, 4.69) is 0 Å². The Bertz CT molecular complexity index is 1690. The van der Waals surface area contributed by atoms with Crippen LogP contribution >= 0.6 is 7.82 Å². The largest absolute Gasteiger partial charge is 0.474 e. The summed E-state index contributed by atoms with van der Waals surface area (Å²) in [4.78, 5) is 10.8. The third kappa shape index (κ3) is 12.7. The van der Waals surface area contributed by atoms with Crippen LogP contribution in [0.25, 0.3) is 0 Å². The predicted octanol–water partition coefficient (Wildman–Crippen LogP) is -14.0. The maximum absolute atomic E-state index is 13.4. The van der Waals surface area contributed by atoms with Gasteiger partial charge < -0.3 is 154 Å². The molecule has 1 unspecified atom stereocenters. The van der Waals surface area contributed by atoms with Crippen LogP contribution in [0.2, 0.25) is 0 Å². The second-order valence-electron chi connectivity index (χ2n) is 17.3. The monoisotopic (exact) mass is 1070 g/mol. The third-order valence-electron chi connectivity index (χ3n) is 12.6. The standard InChI is InChI=1S/C36H63O34P/c37-1-7-13(42)17(46)22(51)32(61-7)68-29-15(44)9(3-39)63-34(25(29)54)67-28-11(5-41)64-36(24(53)20(28)49)70-71(57,58)59-6-12-16(45)30(69-33-23(52)18(47)14(43)8(2-38)62-33)26(55)35(65-12)66-27-10(4-40)60-31(56)21(50)19(27)48/h7-56H,1-6H2,(H,57,58)/t7-,8-,9-,10-,11-,12-,13+,14+,15+,16+,17+,18+,19-,20-,21+,22-,23-,24+,25-,26-,27-,28-,29+,30+,31+,32+,33+,34+,35+,36-/m1/s1. The van der Waals surface area contributed by atoms with Crippen molar-refractivity contribution in [3.8, 4) is 0 Å². The third-order valence-corrected chi connectivity index (χ3v) is 13.6. The van der Waals surface area contributed by atoms with Gasteiger partial charge in [-0.25, -0.2) is 4.57 Å². The molecular weight excluding hydrogens is 1010 g/mol. The fourth-order valence-corrected chi connectivity index (χ4v) is 9.32. The smallest absolute Gasteiger partial charge is 0.394 e. The molecule has 0 aromatic carbocycles. The minimum atomic E-state index is -5.67. The van der Waals surface area contributed by atoms with E-state index in [0.29, 0.717) is 0 Å². The molecule has 0 saturated carbocycles. The topological polar surface area (TPSA) is 553 Å². The van der Waals surface area contributed by atoms with Crippen LogP contribution in [0.5, 0.6) is 0 Å². The first kappa shape index (κ1) is 59.2. The summed E-state index contributed by atoms with van der Waals surface area (Å²) in [6.07, 6.45) is -60.3. The van der Waals surface area contributed by atoms with Gasteiger partial charge in [0.15, 0.2) is 37.7 Å². The molecule has 0 aromatic rings. The average Bonchev–Trinajstić information content (AvgIpc) is 3.34. The summed E-state index contributed by atoms with van der Waals surface area (Å²) in [6.45, 7) is -6.27. The van der Waals surface area contributed by atoms with E-state index in [-0.39, 0.29) is 0 Å². The summed E-state index contributed by atoms with van der Waals surface area (Å²) < 4.78 is 77.5. The lowest BCUT2D eigenvalue weighted by molar-refractivity contribution is -0.379. The Morgan fingerprint density at radius 1 is 0.324 bits per heavy atom. The lowest BCUT2D eigenvalue weighted by atomic mass is 9.96. The summed E-state index contributed by atoms with van der Waals surface area (Å²) in [5.41, 5.74) is 0. The van der Waals surface area contributed by atoms with Crippen LogP contribution in [0, 0.1) is 0 Å². The summed E-state index contributed by atoms with van der Waals surface area (Å²) in [5.74, 6) is 0. The van der Waals surface area contributed by atoms with Crippen LogP contribution in [0.15, 0.2) is 0 Å². The Morgan fingerprint density at radius 3 is 1.08 bits per heavy atom. The highest BCUT2D eigenvalue weighted by Gasteiger charge is 2.57. The molecule has 21 N–H and O–H groups in total. The van der Waals surface area contributed by atoms with Crippen LogP contribution in [-0.2, 0) is 61.0 Å². The molecular formula is C36H63O34P. The Hall–Kier alpha value is -1.09. The lowest BCUT2D eigenvalue weighted by Gasteiger charge is -2.48. The van der Waals surface area contributed by atoms with Gasteiger partial charge in [-0.05, 0) is 0 Å². The van der Waals surface area contributed by atoms with Gasteiger partial charge >= 0.3 is 7.82 Å². The number of phosphoric ester groups is 1. The fraction of sp³-hybridized carbons (Fsp3) is 1.00. The molecule has 0 radical (unpaired) electrons. The number of phosphoric acid groups is 1. The highest BCUT2D eigenvalue weighted by Crippen LogP contribution is 2.48. The molecule has 35 heteroatoms. The second kappa shape index (κ2) is 24.9. The number of rotatable bonds is 18. The molecule has 0 aliphatic carbocycles. The van der Waals surface area contributed by atoms with Crippen molar-refractivity contribution in [2.24, 2.45) is 0 Å². The molecule has 6 saturated heterocycles. The van der Waals surface area contributed by atoms with Crippen molar-refractivity contribution in [1.82, 2.24) is 0 Å². The maximum atomic E-state index is 13.4. The minimum absolute atomic E-state index is 0.884. The number of hydrogen-bond donors (Lipinski definition) is 21. The first-order valence-corrected chi connectivity index (χ1v) is 23.4. The zero-order valence-electron chi connectivity index (χ0n) is 36.7. The van der Waals surface area contributed by atoms with Crippen molar-refractivity contribution < 1.29 is 168 Å². The van der Waals surface area contributed by atoms with Crippen molar-refractivity contribution >= 4 is 7.82 Å². The summed E-state index contributed by atoms with van der Waals surface area (Å²) in [5, 5.41) is 209. The number of aliphatic hydroxyl groups excluding tert-OH is 20. The normalized spacial score (nSPS) is 52.0. The van der Waals surface area contributed by atoms with Crippen molar-refractivity contribution in [2.75, 3.05) is 39.6 Å². The maximum Gasteiger partial charge on any atom is 0.474 e. The molecule has 6 aliphatic rings. The van der Waals surface area contributed by atoms with E-state index in [1.807, 2.05) is 0 Å². The van der Waals surface area contributed by atoms with Gasteiger partial charge in [-0.1, -0.05) is 0 Å². The number of aliphatic hydroxyl groups is 20. The minimum Gasteiger partial charge on any atom is -0.394 e. The Labute approximate surface area is 399 Å². The van der Waals surface area contributed by atoms with E-state index < -0.39 is 232 Å². The van der Waals surface area contributed by atoms with Gasteiger partial charge in [0.1, 0.15) is 146 Å². The number of ether oxygens (including phenoxy) is 10. The van der Waals surface area contributed by atoms with E-state index >= 15 is 0 Å². The zero-order chi connectivity index (χ0) is 52.5. The average molecular weight is 1070 g/mol. The van der Waals surface area contributed by atoms with Gasteiger partial charge in [0.2, 0.25) is 0 Å². The van der Waals surface area contributed by atoms with E-state index in [1.54, 1.807) is 0 Å². The van der Waals surface area contributed by atoms with Crippen molar-refractivity contribution in [3.63, 3.8) is 0 Å². The second-order valence-corrected chi connectivity index (χ2v) is 18.7. The van der Waals surface area contributed by atoms with Crippen molar-refractivity contribution in [3.05, 3.63) is 0 Å². The van der Waals surface area contributed by atoms with Gasteiger partial charge in [0.25, 0.3) is 0 Å². The molecule has 0 amide bonds. The van der Waals surface area contributed by atoms with E-state index in [0.717, 1.165) is 0 Å². The van der Waals surface area contributed by atoms with Crippen LogP contribution in [0.4, 0.5) is 0 Å². The Morgan fingerprint density at radius 2 is 0.648 bits per heavy atom. The van der Waals surface area contributed by atoms with Gasteiger partial charge in [-0.2, -0.15) is 0 Å². The van der Waals surface area contributed by atoms with E-state index in [1.165, 1.54) is 0 Å². The molecule has 6 fully saturated rings. The molecule has 71 heavy (non-hydrogen) atoms. The summed E-state index contributed by atoms with van der Waals surface area (Å²) in [7, 11) is -5.67.